The van der Waals surface area contributed by atoms with Crippen LogP contribution >= 0.6 is 0 Å². The molecular weight excluding hydrogens is 302 g/mol. The summed E-state index contributed by atoms with van der Waals surface area (Å²) >= 11 is 0. The third-order valence-electron chi connectivity index (χ3n) is 3.72. The molecule has 1 aliphatic rings. The molecule has 24 heavy (non-hydrogen) atoms. The first-order valence-corrected chi connectivity index (χ1v) is 7.80. The molecule has 1 aliphatic heterocycles. The lowest BCUT2D eigenvalue weighted by Gasteiger charge is -2.25. The van der Waals surface area contributed by atoms with Crippen molar-refractivity contribution in [3.05, 3.63) is 96.1 Å². The molecule has 1 atom stereocenters. The lowest BCUT2D eigenvalue weighted by Crippen LogP contribution is -2.29. The average molecular weight is 321 g/mol. The van der Waals surface area contributed by atoms with E-state index in [0.29, 0.717) is 0 Å². The van der Waals surface area contributed by atoms with Crippen molar-refractivity contribution < 1.29 is 14.3 Å². The molecule has 0 fully saturated rings. The molecule has 0 bridgehead atoms. The monoisotopic (exact) mass is 321 g/mol. The molecule has 4 nitrogen and oxygen atoms in total. The van der Waals surface area contributed by atoms with Crippen LogP contribution in [0.2, 0.25) is 0 Å². The number of hydrogen-bond acceptors (Lipinski definition) is 3. The molecular formula is C20H19NO3. The maximum Gasteiger partial charge on any atom is 0.415 e. The molecule has 0 aromatic heterocycles. The summed E-state index contributed by atoms with van der Waals surface area (Å²) in [4.78, 5) is 14.1. The van der Waals surface area contributed by atoms with Gasteiger partial charge in [0.05, 0.1) is 11.8 Å². The highest BCUT2D eigenvalue weighted by molar-refractivity contribution is 5.70. The molecule has 1 unspecified atom stereocenters. The van der Waals surface area contributed by atoms with E-state index in [2.05, 4.69) is 0 Å². The van der Waals surface area contributed by atoms with Crippen LogP contribution in [0.25, 0.3) is 0 Å². The zero-order chi connectivity index (χ0) is 16.8. The van der Waals surface area contributed by atoms with E-state index in [1.807, 2.05) is 73.7 Å². The number of carbonyl (C=O) groups is 1. The number of hydrogen-bond donors (Lipinski definition) is 0. The fourth-order valence-corrected chi connectivity index (χ4v) is 2.51. The van der Waals surface area contributed by atoms with Gasteiger partial charge in [0.1, 0.15) is 12.9 Å². The van der Waals surface area contributed by atoms with Gasteiger partial charge < -0.3 is 9.47 Å². The SMILES string of the molecule is CC1=CC(c2ccccc2)N(C(=O)OCc2ccccc2)C=CO1. The van der Waals surface area contributed by atoms with Gasteiger partial charge in [0.25, 0.3) is 0 Å². The minimum absolute atomic E-state index is 0.231. The summed E-state index contributed by atoms with van der Waals surface area (Å²) in [6.45, 7) is 2.09. The lowest BCUT2D eigenvalue weighted by atomic mass is 10.1. The molecule has 0 saturated carbocycles. The Morgan fingerprint density at radius 3 is 2.46 bits per heavy atom. The van der Waals surface area contributed by atoms with Crippen LogP contribution in [0.15, 0.2) is 85.0 Å². The Kier molecular flexibility index (Phi) is 4.96. The Bertz CT molecular complexity index is 738. The minimum Gasteiger partial charge on any atom is -0.468 e. The zero-order valence-electron chi connectivity index (χ0n) is 13.5. The number of nitrogens with zero attached hydrogens (tertiary/aromatic N) is 1. The summed E-state index contributed by atoms with van der Waals surface area (Å²) in [5.74, 6) is 0.735. The summed E-state index contributed by atoms with van der Waals surface area (Å²) in [5, 5.41) is 0. The summed E-state index contributed by atoms with van der Waals surface area (Å²) in [6, 6.07) is 19.1. The molecule has 0 N–H and O–H groups in total. The van der Waals surface area contributed by atoms with Crippen LogP contribution in [-0.4, -0.2) is 11.0 Å². The van der Waals surface area contributed by atoms with Crippen molar-refractivity contribution in [2.24, 2.45) is 0 Å². The average Bonchev–Trinajstić information content (AvgIpc) is 2.83. The van der Waals surface area contributed by atoms with Gasteiger partial charge in [-0.2, -0.15) is 0 Å². The molecule has 2 aromatic carbocycles. The van der Waals surface area contributed by atoms with Crippen molar-refractivity contribution in [3.8, 4) is 0 Å². The minimum atomic E-state index is -0.418. The first-order valence-electron chi connectivity index (χ1n) is 7.80. The van der Waals surface area contributed by atoms with Gasteiger partial charge in [0, 0.05) is 6.20 Å². The van der Waals surface area contributed by atoms with Crippen LogP contribution in [0.4, 0.5) is 4.79 Å². The van der Waals surface area contributed by atoms with Gasteiger partial charge in [-0.25, -0.2) is 4.79 Å². The van der Waals surface area contributed by atoms with E-state index in [9.17, 15) is 4.79 Å². The summed E-state index contributed by atoms with van der Waals surface area (Å²) in [7, 11) is 0. The lowest BCUT2D eigenvalue weighted by molar-refractivity contribution is 0.104. The van der Waals surface area contributed by atoms with Crippen molar-refractivity contribution in [3.63, 3.8) is 0 Å². The Hall–Kier alpha value is -3.01. The van der Waals surface area contributed by atoms with Gasteiger partial charge in [-0.15, -0.1) is 0 Å². The van der Waals surface area contributed by atoms with Crippen molar-refractivity contribution in [2.45, 2.75) is 19.6 Å². The second-order valence-corrected chi connectivity index (χ2v) is 5.48. The standard InChI is InChI=1S/C20H19NO3/c1-16-14-19(18-10-6-3-7-11-18)21(12-13-23-16)20(22)24-15-17-8-4-2-5-9-17/h2-14,19H,15H2,1H3. The highest BCUT2D eigenvalue weighted by Gasteiger charge is 2.25. The molecule has 122 valence electrons. The normalized spacial score (nSPS) is 16.8. The van der Waals surface area contributed by atoms with Crippen molar-refractivity contribution in [2.75, 3.05) is 0 Å². The van der Waals surface area contributed by atoms with Crippen molar-refractivity contribution in [1.82, 2.24) is 4.90 Å². The molecule has 4 heteroatoms. The molecule has 0 aliphatic carbocycles. The van der Waals surface area contributed by atoms with E-state index in [0.717, 1.165) is 16.9 Å². The summed E-state index contributed by atoms with van der Waals surface area (Å²) in [5.41, 5.74) is 1.94. The van der Waals surface area contributed by atoms with Crippen LogP contribution in [0.5, 0.6) is 0 Å². The van der Waals surface area contributed by atoms with Crippen LogP contribution in [0, 0.1) is 0 Å². The topological polar surface area (TPSA) is 38.8 Å². The Labute approximate surface area is 141 Å². The highest BCUT2D eigenvalue weighted by atomic mass is 16.6. The van der Waals surface area contributed by atoms with Gasteiger partial charge in [0.15, 0.2) is 0 Å². The third kappa shape index (κ3) is 3.84. The van der Waals surface area contributed by atoms with Crippen molar-refractivity contribution in [1.29, 1.82) is 0 Å². The fourth-order valence-electron chi connectivity index (χ4n) is 2.51. The predicted molar refractivity (Wildman–Crippen MR) is 91.6 cm³/mol. The number of allylic oxidation sites excluding steroid dienone is 1. The molecule has 3 rings (SSSR count). The molecule has 0 saturated heterocycles. The first kappa shape index (κ1) is 15.9. The second kappa shape index (κ2) is 7.51. The molecule has 2 aromatic rings. The molecule has 1 amide bonds. The van der Waals surface area contributed by atoms with E-state index >= 15 is 0 Å². The quantitative estimate of drug-likeness (QED) is 0.817. The first-order chi connectivity index (χ1) is 11.7. The van der Waals surface area contributed by atoms with Gasteiger partial charge in [-0.1, -0.05) is 60.7 Å². The Morgan fingerprint density at radius 2 is 1.75 bits per heavy atom. The van der Waals surface area contributed by atoms with Gasteiger partial charge in [-0.3, -0.25) is 4.90 Å². The number of carbonyl (C=O) groups excluding carboxylic acids is 1. The summed E-state index contributed by atoms with van der Waals surface area (Å²) < 4.78 is 10.9. The molecule has 1 heterocycles. The van der Waals surface area contributed by atoms with E-state index in [-0.39, 0.29) is 12.6 Å². The molecule has 0 radical (unpaired) electrons. The summed E-state index contributed by atoms with van der Waals surface area (Å²) in [6.07, 6.45) is 4.59. The van der Waals surface area contributed by atoms with Crippen molar-refractivity contribution >= 4 is 6.09 Å². The zero-order valence-corrected chi connectivity index (χ0v) is 13.5. The maximum atomic E-state index is 12.6. The number of rotatable bonds is 3. The van der Waals surface area contributed by atoms with E-state index < -0.39 is 6.09 Å². The smallest absolute Gasteiger partial charge is 0.415 e. The van der Waals surface area contributed by atoms with E-state index in [1.54, 1.807) is 6.20 Å². The van der Waals surface area contributed by atoms with Crippen LogP contribution in [0.1, 0.15) is 24.1 Å². The number of amides is 1. The van der Waals surface area contributed by atoms with Crippen LogP contribution in [-0.2, 0) is 16.1 Å². The van der Waals surface area contributed by atoms with Crippen LogP contribution < -0.4 is 0 Å². The van der Waals surface area contributed by atoms with Crippen LogP contribution in [0.3, 0.4) is 0 Å². The maximum absolute atomic E-state index is 12.6. The van der Waals surface area contributed by atoms with Gasteiger partial charge in [0.2, 0.25) is 0 Å². The highest BCUT2D eigenvalue weighted by Crippen LogP contribution is 2.27. The molecule has 0 spiro atoms. The third-order valence-corrected chi connectivity index (χ3v) is 3.72. The second-order valence-electron chi connectivity index (χ2n) is 5.48. The predicted octanol–water partition coefficient (Wildman–Crippen LogP) is 4.77. The fraction of sp³-hybridized carbons (Fsp3) is 0.150. The van der Waals surface area contributed by atoms with Gasteiger partial charge in [-0.05, 0) is 24.1 Å². The van der Waals surface area contributed by atoms with Gasteiger partial charge >= 0.3 is 6.09 Å². The Balaban J connectivity index is 1.79. The number of ether oxygens (including phenoxy) is 2. The number of benzene rings is 2. The van der Waals surface area contributed by atoms with E-state index in [4.69, 9.17) is 9.47 Å². The van der Waals surface area contributed by atoms with E-state index in [1.165, 1.54) is 11.2 Å². The largest absolute Gasteiger partial charge is 0.468 e. The Morgan fingerprint density at radius 1 is 1.08 bits per heavy atom.